The summed E-state index contributed by atoms with van der Waals surface area (Å²) in [6, 6.07) is 6.13. The van der Waals surface area contributed by atoms with Gasteiger partial charge in [0.1, 0.15) is 18.9 Å². The van der Waals surface area contributed by atoms with Crippen LogP contribution in [0.5, 0.6) is 5.75 Å². The van der Waals surface area contributed by atoms with Crippen LogP contribution in [-0.4, -0.2) is 37.3 Å². The van der Waals surface area contributed by atoms with Gasteiger partial charge in [-0.25, -0.2) is 4.79 Å². The standard InChI is InChI=1S/C14H19NO3/c16-13-6-4-12(5-7-13)14(17)18-11-10-15-8-2-1-3-9-15/h4-7,16H,1-3,8-11H2/p+1. The summed E-state index contributed by atoms with van der Waals surface area (Å²) in [7, 11) is 0. The van der Waals surface area contributed by atoms with Crippen molar-refractivity contribution in [3.63, 3.8) is 0 Å². The molecule has 1 fully saturated rings. The molecular formula is C14H20NO3+. The summed E-state index contributed by atoms with van der Waals surface area (Å²) < 4.78 is 5.23. The van der Waals surface area contributed by atoms with Gasteiger partial charge in [-0.3, -0.25) is 0 Å². The number of likely N-dealkylation sites (tertiary alicyclic amines) is 1. The fourth-order valence-electron chi connectivity index (χ4n) is 2.27. The third-order valence-corrected chi connectivity index (χ3v) is 3.35. The predicted octanol–water partition coefficient (Wildman–Crippen LogP) is 0.618. The van der Waals surface area contributed by atoms with E-state index in [4.69, 9.17) is 9.84 Å². The van der Waals surface area contributed by atoms with Gasteiger partial charge in [0.15, 0.2) is 0 Å². The van der Waals surface area contributed by atoms with Gasteiger partial charge in [0.2, 0.25) is 0 Å². The first-order valence-corrected chi connectivity index (χ1v) is 6.55. The predicted molar refractivity (Wildman–Crippen MR) is 67.8 cm³/mol. The van der Waals surface area contributed by atoms with Gasteiger partial charge in [-0.1, -0.05) is 0 Å². The van der Waals surface area contributed by atoms with E-state index < -0.39 is 0 Å². The van der Waals surface area contributed by atoms with Crippen LogP contribution < -0.4 is 4.90 Å². The van der Waals surface area contributed by atoms with Crippen molar-refractivity contribution in [1.29, 1.82) is 0 Å². The zero-order valence-corrected chi connectivity index (χ0v) is 10.5. The quantitative estimate of drug-likeness (QED) is 0.770. The molecule has 1 saturated heterocycles. The highest BCUT2D eigenvalue weighted by molar-refractivity contribution is 5.89. The highest BCUT2D eigenvalue weighted by Gasteiger charge is 2.14. The monoisotopic (exact) mass is 250 g/mol. The Morgan fingerprint density at radius 2 is 1.83 bits per heavy atom. The number of piperidine rings is 1. The van der Waals surface area contributed by atoms with Crippen LogP contribution in [0.25, 0.3) is 0 Å². The van der Waals surface area contributed by atoms with Crippen molar-refractivity contribution >= 4 is 5.97 Å². The number of benzene rings is 1. The Morgan fingerprint density at radius 1 is 1.17 bits per heavy atom. The molecule has 1 heterocycles. The average Bonchev–Trinajstić information content (AvgIpc) is 2.40. The number of nitrogens with one attached hydrogen (secondary N) is 1. The SMILES string of the molecule is O=C(OCC[NH+]1CCCCC1)c1ccc(O)cc1. The van der Waals surface area contributed by atoms with E-state index in [-0.39, 0.29) is 11.7 Å². The maximum atomic E-state index is 11.7. The van der Waals surface area contributed by atoms with E-state index in [0.29, 0.717) is 12.2 Å². The van der Waals surface area contributed by atoms with Crippen LogP contribution in [0, 0.1) is 0 Å². The molecule has 0 saturated carbocycles. The third-order valence-electron chi connectivity index (χ3n) is 3.35. The molecule has 0 spiro atoms. The van der Waals surface area contributed by atoms with Gasteiger partial charge < -0.3 is 14.7 Å². The summed E-state index contributed by atoms with van der Waals surface area (Å²) in [6.45, 7) is 3.74. The molecule has 0 bridgehead atoms. The van der Waals surface area contributed by atoms with Crippen LogP contribution in [0.2, 0.25) is 0 Å². The number of esters is 1. The minimum Gasteiger partial charge on any atom is -0.508 e. The molecule has 4 nitrogen and oxygen atoms in total. The zero-order valence-electron chi connectivity index (χ0n) is 10.5. The van der Waals surface area contributed by atoms with E-state index in [0.717, 1.165) is 6.54 Å². The molecule has 0 amide bonds. The fraction of sp³-hybridized carbons (Fsp3) is 0.500. The second-order valence-corrected chi connectivity index (χ2v) is 4.74. The van der Waals surface area contributed by atoms with Crippen LogP contribution in [0.1, 0.15) is 29.6 Å². The molecule has 1 aliphatic rings. The van der Waals surface area contributed by atoms with Crippen LogP contribution in [0.3, 0.4) is 0 Å². The van der Waals surface area contributed by atoms with E-state index in [1.54, 1.807) is 12.1 Å². The summed E-state index contributed by atoms with van der Waals surface area (Å²) in [5.74, 6) is -0.157. The Morgan fingerprint density at radius 3 is 2.50 bits per heavy atom. The maximum absolute atomic E-state index is 11.7. The smallest absolute Gasteiger partial charge is 0.338 e. The van der Waals surface area contributed by atoms with Gasteiger partial charge in [-0.05, 0) is 43.5 Å². The van der Waals surface area contributed by atoms with Crippen molar-refractivity contribution in [3.8, 4) is 5.75 Å². The molecule has 18 heavy (non-hydrogen) atoms. The summed E-state index contributed by atoms with van der Waals surface area (Å²) in [4.78, 5) is 13.2. The number of ether oxygens (including phenoxy) is 1. The molecule has 2 N–H and O–H groups in total. The molecule has 2 rings (SSSR count). The van der Waals surface area contributed by atoms with Gasteiger partial charge in [0.25, 0.3) is 0 Å². The van der Waals surface area contributed by atoms with Crippen LogP contribution in [-0.2, 0) is 4.74 Å². The Hall–Kier alpha value is -1.55. The lowest BCUT2D eigenvalue weighted by molar-refractivity contribution is -0.905. The number of rotatable bonds is 4. The molecule has 0 radical (unpaired) electrons. The van der Waals surface area contributed by atoms with E-state index >= 15 is 0 Å². The van der Waals surface area contributed by atoms with Gasteiger partial charge >= 0.3 is 5.97 Å². The normalized spacial score (nSPS) is 16.4. The highest BCUT2D eigenvalue weighted by Crippen LogP contribution is 2.10. The fourth-order valence-corrected chi connectivity index (χ4v) is 2.27. The largest absolute Gasteiger partial charge is 0.508 e. The van der Waals surface area contributed by atoms with Crippen molar-refractivity contribution in [2.75, 3.05) is 26.2 Å². The lowest BCUT2D eigenvalue weighted by atomic mass is 10.1. The number of phenols is 1. The lowest BCUT2D eigenvalue weighted by Gasteiger charge is -2.23. The Kier molecular flexibility index (Phi) is 4.59. The highest BCUT2D eigenvalue weighted by atomic mass is 16.5. The Bertz CT molecular complexity index is 383. The van der Waals surface area contributed by atoms with E-state index in [9.17, 15) is 4.79 Å². The number of hydrogen-bond donors (Lipinski definition) is 2. The summed E-state index contributed by atoms with van der Waals surface area (Å²) >= 11 is 0. The maximum Gasteiger partial charge on any atom is 0.338 e. The van der Waals surface area contributed by atoms with Gasteiger partial charge in [0, 0.05) is 0 Å². The zero-order chi connectivity index (χ0) is 12.8. The van der Waals surface area contributed by atoms with Crippen LogP contribution in [0.4, 0.5) is 0 Å². The number of phenolic OH excluding ortho intramolecular Hbond substituents is 1. The second-order valence-electron chi connectivity index (χ2n) is 4.74. The number of carbonyl (C=O) groups is 1. The van der Waals surface area contributed by atoms with Crippen molar-refractivity contribution in [3.05, 3.63) is 29.8 Å². The minimum absolute atomic E-state index is 0.157. The van der Waals surface area contributed by atoms with Crippen molar-refractivity contribution in [2.45, 2.75) is 19.3 Å². The van der Waals surface area contributed by atoms with Gasteiger partial charge in [0.05, 0.1) is 18.7 Å². The topological polar surface area (TPSA) is 51.0 Å². The van der Waals surface area contributed by atoms with Gasteiger partial charge in [-0.2, -0.15) is 0 Å². The molecule has 0 aliphatic carbocycles. The lowest BCUT2D eigenvalue weighted by Crippen LogP contribution is -3.13. The first-order valence-electron chi connectivity index (χ1n) is 6.55. The van der Waals surface area contributed by atoms with Crippen LogP contribution >= 0.6 is 0 Å². The first kappa shape index (κ1) is 12.9. The summed E-state index contributed by atoms with van der Waals surface area (Å²) in [6.07, 6.45) is 3.89. The summed E-state index contributed by atoms with van der Waals surface area (Å²) in [5.41, 5.74) is 0.487. The number of quaternary nitrogens is 1. The van der Waals surface area contributed by atoms with E-state index in [1.807, 2.05) is 0 Å². The minimum atomic E-state index is -0.314. The number of carbonyl (C=O) groups excluding carboxylic acids is 1. The number of aromatic hydroxyl groups is 1. The molecule has 1 aromatic carbocycles. The molecule has 0 unspecified atom stereocenters. The summed E-state index contributed by atoms with van der Waals surface area (Å²) in [5, 5.41) is 9.13. The van der Waals surface area contributed by atoms with Crippen molar-refractivity contribution in [1.82, 2.24) is 0 Å². The molecule has 98 valence electrons. The van der Waals surface area contributed by atoms with E-state index in [2.05, 4.69) is 0 Å². The average molecular weight is 250 g/mol. The van der Waals surface area contributed by atoms with Gasteiger partial charge in [-0.15, -0.1) is 0 Å². The molecule has 1 aromatic rings. The molecular weight excluding hydrogens is 230 g/mol. The third kappa shape index (κ3) is 3.74. The van der Waals surface area contributed by atoms with Crippen molar-refractivity contribution < 1.29 is 19.5 Å². The van der Waals surface area contributed by atoms with E-state index in [1.165, 1.54) is 49.4 Å². The molecule has 0 atom stereocenters. The Balaban J connectivity index is 1.72. The van der Waals surface area contributed by atoms with Crippen molar-refractivity contribution in [2.24, 2.45) is 0 Å². The van der Waals surface area contributed by atoms with Crippen LogP contribution in [0.15, 0.2) is 24.3 Å². The molecule has 4 heteroatoms. The Labute approximate surface area is 107 Å². The molecule has 0 aromatic heterocycles. The first-order chi connectivity index (χ1) is 8.75. The second kappa shape index (κ2) is 6.40. The number of hydrogen-bond acceptors (Lipinski definition) is 3. The molecule has 1 aliphatic heterocycles.